The predicted molar refractivity (Wildman–Crippen MR) is 76.9 cm³/mol. The summed E-state index contributed by atoms with van der Waals surface area (Å²) in [6, 6.07) is 0.0880. The Balaban J connectivity index is 1.83. The molecule has 5 nitrogen and oxygen atoms in total. The van der Waals surface area contributed by atoms with Gasteiger partial charge >= 0.3 is 0 Å². The number of amides is 1. The Hall–Kier alpha value is -0.650. The number of carbonyl (C=O) groups excluding carboxylic acids is 1. The molecule has 2 heterocycles. The Morgan fingerprint density at radius 1 is 1.32 bits per heavy atom. The molecule has 2 atom stereocenters. The molecular weight excluding hydrogens is 240 g/mol. The Morgan fingerprint density at radius 2 is 2.11 bits per heavy atom. The maximum Gasteiger partial charge on any atom is 0.239 e. The van der Waals surface area contributed by atoms with Crippen LogP contribution in [0.2, 0.25) is 0 Å². The fraction of sp³-hybridized carbons (Fsp3) is 0.929. The van der Waals surface area contributed by atoms with E-state index < -0.39 is 0 Å². The van der Waals surface area contributed by atoms with Gasteiger partial charge in [0.25, 0.3) is 0 Å². The highest BCUT2D eigenvalue weighted by Crippen LogP contribution is 2.11. The van der Waals surface area contributed by atoms with Crippen LogP contribution in [-0.2, 0) is 4.79 Å². The zero-order valence-corrected chi connectivity index (χ0v) is 12.3. The van der Waals surface area contributed by atoms with E-state index in [0.717, 1.165) is 52.1 Å². The maximum absolute atomic E-state index is 12.4. The van der Waals surface area contributed by atoms with Crippen molar-refractivity contribution in [2.45, 2.75) is 38.8 Å². The second-order valence-electron chi connectivity index (χ2n) is 6.33. The van der Waals surface area contributed by atoms with Gasteiger partial charge in [-0.25, -0.2) is 0 Å². The molecule has 0 aromatic carbocycles. The van der Waals surface area contributed by atoms with Crippen molar-refractivity contribution in [2.24, 2.45) is 11.7 Å². The molecule has 5 heteroatoms. The minimum atomic E-state index is -0.0494. The normalized spacial score (nSPS) is 29.8. The zero-order valence-electron chi connectivity index (χ0n) is 12.3. The summed E-state index contributed by atoms with van der Waals surface area (Å²) >= 11 is 0. The number of hydrogen-bond donors (Lipinski definition) is 2. The molecule has 110 valence electrons. The van der Waals surface area contributed by atoms with Crippen LogP contribution in [0.15, 0.2) is 0 Å². The van der Waals surface area contributed by atoms with E-state index in [0.29, 0.717) is 5.92 Å². The Bertz CT molecular complexity index is 308. The first-order chi connectivity index (χ1) is 9.06. The summed E-state index contributed by atoms with van der Waals surface area (Å²) in [5.41, 5.74) is 5.86. The van der Waals surface area contributed by atoms with Gasteiger partial charge in [-0.2, -0.15) is 0 Å². The van der Waals surface area contributed by atoms with Crippen molar-refractivity contribution in [2.75, 3.05) is 39.3 Å². The lowest BCUT2D eigenvalue weighted by atomic mass is 10.1. The van der Waals surface area contributed by atoms with Crippen LogP contribution in [0.1, 0.15) is 26.7 Å². The second kappa shape index (κ2) is 6.68. The standard InChI is InChI=1S/C14H28N4O/c1-11(2)10-17-4-3-5-18(7-6-17)14(19)13-8-12(15)9-16-13/h11-13,16H,3-10,15H2,1-2H3/t12-,13+/m1/s1. The third kappa shape index (κ3) is 4.16. The van der Waals surface area contributed by atoms with E-state index in [-0.39, 0.29) is 18.0 Å². The highest BCUT2D eigenvalue weighted by molar-refractivity contribution is 5.82. The number of nitrogens with two attached hydrogens (primary N) is 1. The molecule has 0 spiro atoms. The number of nitrogens with one attached hydrogen (secondary N) is 1. The highest BCUT2D eigenvalue weighted by atomic mass is 16.2. The molecule has 0 radical (unpaired) electrons. The van der Waals surface area contributed by atoms with Gasteiger partial charge in [-0.3, -0.25) is 4.79 Å². The van der Waals surface area contributed by atoms with Crippen molar-refractivity contribution in [3.8, 4) is 0 Å². The van der Waals surface area contributed by atoms with Crippen LogP contribution in [-0.4, -0.2) is 67.1 Å². The molecule has 0 bridgehead atoms. The van der Waals surface area contributed by atoms with Gasteiger partial charge in [0.05, 0.1) is 6.04 Å². The number of hydrogen-bond acceptors (Lipinski definition) is 4. The average Bonchev–Trinajstić information content (AvgIpc) is 2.65. The summed E-state index contributed by atoms with van der Waals surface area (Å²) in [7, 11) is 0. The fourth-order valence-electron chi connectivity index (χ4n) is 3.06. The van der Waals surface area contributed by atoms with E-state index in [4.69, 9.17) is 5.73 Å². The molecule has 2 fully saturated rings. The monoisotopic (exact) mass is 268 g/mol. The van der Waals surface area contributed by atoms with E-state index >= 15 is 0 Å². The summed E-state index contributed by atoms with van der Waals surface area (Å²) in [5, 5.41) is 3.24. The van der Waals surface area contributed by atoms with Crippen LogP contribution in [0, 0.1) is 5.92 Å². The van der Waals surface area contributed by atoms with Gasteiger partial charge in [-0.15, -0.1) is 0 Å². The van der Waals surface area contributed by atoms with Gasteiger partial charge in [0.1, 0.15) is 0 Å². The molecule has 3 N–H and O–H groups in total. The van der Waals surface area contributed by atoms with E-state index in [1.54, 1.807) is 0 Å². The molecule has 2 saturated heterocycles. The summed E-state index contributed by atoms with van der Waals surface area (Å²) < 4.78 is 0. The Labute approximate surface area is 116 Å². The number of nitrogens with zero attached hydrogens (tertiary/aromatic N) is 2. The van der Waals surface area contributed by atoms with E-state index in [2.05, 4.69) is 24.1 Å². The molecule has 0 saturated carbocycles. The maximum atomic E-state index is 12.4. The van der Waals surface area contributed by atoms with Crippen molar-refractivity contribution >= 4 is 5.91 Å². The van der Waals surface area contributed by atoms with Crippen molar-refractivity contribution in [3.63, 3.8) is 0 Å². The quantitative estimate of drug-likeness (QED) is 0.748. The minimum Gasteiger partial charge on any atom is -0.340 e. The SMILES string of the molecule is CC(C)CN1CCCN(C(=O)[C@@H]2C[C@@H](N)CN2)CC1. The van der Waals surface area contributed by atoms with Crippen LogP contribution < -0.4 is 11.1 Å². The second-order valence-corrected chi connectivity index (χ2v) is 6.33. The van der Waals surface area contributed by atoms with E-state index in [1.165, 1.54) is 0 Å². The summed E-state index contributed by atoms with van der Waals surface area (Å²) in [6.45, 7) is 10.3. The van der Waals surface area contributed by atoms with Gasteiger partial charge < -0.3 is 20.9 Å². The van der Waals surface area contributed by atoms with Gasteiger partial charge in [0.2, 0.25) is 5.91 Å². The predicted octanol–water partition coefficient (Wildman–Crippen LogP) is -0.134. The Kier molecular flexibility index (Phi) is 5.19. The molecule has 2 aliphatic heterocycles. The van der Waals surface area contributed by atoms with Crippen LogP contribution in [0.4, 0.5) is 0 Å². The lowest BCUT2D eigenvalue weighted by Gasteiger charge is -2.25. The molecule has 0 aromatic heterocycles. The molecule has 2 aliphatic rings. The fourth-order valence-corrected chi connectivity index (χ4v) is 3.06. The first-order valence-electron chi connectivity index (χ1n) is 7.56. The lowest BCUT2D eigenvalue weighted by Crippen LogP contribution is -2.45. The molecule has 2 rings (SSSR count). The van der Waals surface area contributed by atoms with Gasteiger partial charge in [-0.1, -0.05) is 13.8 Å². The van der Waals surface area contributed by atoms with Crippen molar-refractivity contribution in [1.29, 1.82) is 0 Å². The van der Waals surface area contributed by atoms with Crippen molar-refractivity contribution < 1.29 is 4.79 Å². The summed E-state index contributed by atoms with van der Waals surface area (Å²) in [4.78, 5) is 16.9. The Morgan fingerprint density at radius 3 is 2.74 bits per heavy atom. The van der Waals surface area contributed by atoms with E-state index in [9.17, 15) is 4.79 Å². The van der Waals surface area contributed by atoms with Gasteiger partial charge in [0.15, 0.2) is 0 Å². The number of rotatable bonds is 3. The van der Waals surface area contributed by atoms with Gasteiger partial charge in [0, 0.05) is 38.8 Å². The largest absolute Gasteiger partial charge is 0.340 e. The summed E-state index contributed by atoms with van der Waals surface area (Å²) in [6.07, 6.45) is 1.86. The molecule has 0 unspecified atom stereocenters. The minimum absolute atomic E-state index is 0.0494. The first kappa shape index (κ1) is 14.8. The lowest BCUT2D eigenvalue weighted by molar-refractivity contribution is -0.132. The van der Waals surface area contributed by atoms with Gasteiger partial charge in [-0.05, 0) is 25.3 Å². The third-order valence-corrected chi connectivity index (χ3v) is 3.99. The summed E-state index contributed by atoms with van der Waals surface area (Å²) in [5.74, 6) is 0.941. The van der Waals surface area contributed by atoms with Crippen molar-refractivity contribution in [1.82, 2.24) is 15.1 Å². The molecule has 0 aliphatic carbocycles. The van der Waals surface area contributed by atoms with Crippen molar-refractivity contribution in [3.05, 3.63) is 0 Å². The van der Waals surface area contributed by atoms with Crippen LogP contribution in [0.25, 0.3) is 0 Å². The molecular formula is C14H28N4O. The third-order valence-electron chi connectivity index (χ3n) is 3.99. The zero-order chi connectivity index (χ0) is 13.8. The first-order valence-corrected chi connectivity index (χ1v) is 7.56. The van der Waals surface area contributed by atoms with Crippen LogP contribution in [0.5, 0.6) is 0 Å². The number of carbonyl (C=O) groups is 1. The smallest absolute Gasteiger partial charge is 0.239 e. The van der Waals surface area contributed by atoms with Crippen LogP contribution >= 0.6 is 0 Å². The average molecular weight is 268 g/mol. The highest BCUT2D eigenvalue weighted by Gasteiger charge is 2.31. The van der Waals surface area contributed by atoms with Crippen LogP contribution in [0.3, 0.4) is 0 Å². The molecule has 0 aromatic rings. The molecule has 19 heavy (non-hydrogen) atoms. The molecule has 1 amide bonds. The van der Waals surface area contributed by atoms with E-state index in [1.807, 2.05) is 4.90 Å². The topological polar surface area (TPSA) is 61.6 Å².